The molecule has 2 rings (SSSR count). The zero-order chi connectivity index (χ0) is 13.7. The molecule has 19 heavy (non-hydrogen) atoms. The first-order valence-corrected chi connectivity index (χ1v) is 8.54. The second-order valence-corrected chi connectivity index (χ2v) is 7.60. The molecule has 0 spiro atoms. The molecule has 1 aliphatic heterocycles. The smallest absolute Gasteiger partial charge is 0.0166 e. The molecule has 0 aromatic rings. The third kappa shape index (κ3) is 4.75. The standard InChI is InChI=1S/C17H34N2/c1-15(14-19-11-7-4-8-12-19)18-13-16-9-5-6-10-17(16,2)3/h15-16,18H,4-14H2,1-3H3. The fourth-order valence-electron chi connectivity index (χ4n) is 3.88. The Morgan fingerprint density at radius 1 is 1.11 bits per heavy atom. The first-order valence-electron chi connectivity index (χ1n) is 8.54. The van der Waals surface area contributed by atoms with Crippen molar-refractivity contribution < 1.29 is 0 Å². The maximum atomic E-state index is 3.81. The van der Waals surface area contributed by atoms with Crippen LogP contribution in [0.15, 0.2) is 0 Å². The summed E-state index contributed by atoms with van der Waals surface area (Å²) in [6.07, 6.45) is 9.97. The molecular formula is C17H34N2. The average molecular weight is 266 g/mol. The minimum atomic E-state index is 0.552. The normalized spacial score (nSPS) is 30.2. The molecule has 0 aromatic heterocycles. The molecule has 2 aliphatic rings. The molecule has 1 heterocycles. The van der Waals surface area contributed by atoms with Crippen molar-refractivity contribution in [3.63, 3.8) is 0 Å². The van der Waals surface area contributed by atoms with Gasteiger partial charge in [-0.25, -0.2) is 0 Å². The Bertz CT molecular complexity index is 256. The molecular weight excluding hydrogens is 232 g/mol. The third-order valence-corrected chi connectivity index (χ3v) is 5.42. The van der Waals surface area contributed by atoms with Crippen molar-refractivity contribution in [3.05, 3.63) is 0 Å². The van der Waals surface area contributed by atoms with Crippen LogP contribution in [-0.2, 0) is 0 Å². The van der Waals surface area contributed by atoms with E-state index in [0.717, 1.165) is 5.92 Å². The summed E-state index contributed by atoms with van der Waals surface area (Å²) in [5.41, 5.74) is 0.552. The van der Waals surface area contributed by atoms with E-state index in [4.69, 9.17) is 0 Å². The fraction of sp³-hybridized carbons (Fsp3) is 1.00. The molecule has 1 saturated heterocycles. The van der Waals surface area contributed by atoms with Crippen molar-refractivity contribution in [1.29, 1.82) is 0 Å². The van der Waals surface area contributed by atoms with Gasteiger partial charge in [-0.2, -0.15) is 0 Å². The molecule has 2 fully saturated rings. The highest BCUT2D eigenvalue weighted by Gasteiger charge is 2.31. The van der Waals surface area contributed by atoms with Gasteiger partial charge < -0.3 is 10.2 Å². The van der Waals surface area contributed by atoms with Crippen LogP contribution in [0.25, 0.3) is 0 Å². The lowest BCUT2D eigenvalue weighted by atomic mass is 9.69. The van der Waals surface area contributed by atoms with Gasteiger partial charge in [0, 0.05) is 12.6 Å². The summed E-state index contributed by atoms with van der Waals surface area (Å²) < 4.78 is 0. The van der Waals surface area contributed by atoms with E-state index in [1.807, 2.05) is 0 Å². The lowest BCUT2D eigenvalue weighted by Gasteiger charge is -2.39. The minimum Gasteiger partial charge on any atom is -0.313 e. The highest BCUT2D eigenvalue weighted by molar-refractivity contribution is 4.85. The summed E-state index contributed by atoms with van der Waals surface area (Å²) in [6, 6.07) is 0.649. The highest BCUT2D eigenvalue weighted by atomic mass is 15.1. The quantitative estimate of drug-likeness (QED) is 0.817. The van der Waals surface area contributed by atoms with E-state index in [2.05, 4.69) is 31.0 Å². The minimum absolute atomic E-state index is 0.552. The number of rotatable bonds is 5. The summed E-state index contributed by atoms with van der Waals surface area (Å²) in [4.78, 5) is 2.65. The highest BCUT2D eigenvalue weighted by Crippen LogP contribution is 2.40. The first-order chi connectivity index (χ1) is 9.08. The number of likely N-dealkylation sites (tertiary alicyclic amines) is 1. The number of piperidine rings is 1. The molecule has 1 N–H and O–H groups in total. The van der Waals surface area contributed by atoms with Crippen LogP contribution in [0, 0.1) is 11.3 Å². The van der Waals surface area contributed by atoms with Crippen LogP contribution in [-0.4, -0.2) is 37.1 Å². The van der Waals surface area contributed by atoms with Gasteiger partial charge in [-0.15, -0.1) is 0 Å². The first kappa shape index (κ1) is 15.3. The van der Waals surface area contributed by atoms with Crippen LogP contribution in [0.4, 0.5) is 0 Å². The Balaban J connectivity index is 1.68. The molecule has 2 atom stereocenters. The molecule has 0 aromatic carbocycles. The maximum Gasteiger partial charge on any atom is 0.0166 e. The second-order valence-electron chi connectivity index (χ2n) is 7.60. The molecule has 2 heteroatoms. The molecule has 1 saturated carbocycles. The van der Waals surface area contributed by atoms with Crippen molar-refractivity contribution >= 4 is 0 Å². The van der Waals surface area contributed by atoms with E-state index in [1.165, 1.54) is 71.1 Å². The van der Waals surface area contributed by atoms with Crippen LogP contribution in [0.1, 0.15) is 65.7 Å². The van der Waals surface area contributed by atoms with E-state index in [0.29, 0.717) is 11.5 Å². The van der Waals surface area contributed by atoms with Gasteiger partial charge in [0.1, 0.15) is 0 Å². The van der Waals surface area contributed by atoms with E-state index in [1.54, 1.807) is 0 Å². The molecule has 1 aliphatic carbocycles. The Labute approximate surface area is 120 Å². The van der Waals surface area contributed by atoms with Crippen molar-refractivity contribution in [2.45, 2.75) is 71.8 Å². The van der Waals surface area contributed by atoms with Crippen molar-refractivity contribution in [1.82, 2.24) is 10.2 Å². The van der Waals surface area contributed by atoms with Crippen LogP contribution in [0.5, 0.6) is 0 Å². The van der Waals surface area contributed by atoms with Gasteiger partial charge in [-0.1, -0.05) is 33.1 Å². The molecule has 2 unspecified atom stereocenters. The van der Waals surface area contributed by atoms with E-state index >= 15 is 0 Å². The lowest BCUT2D eigenvalue weighted by molar-refractivity contribution is 0.128. The zero-order valence-corrected chi connectivity index (χ0v) is 13.4. The van der Waals surface area contributed by atoms with Gasteiger partial charge in [-0.3, -0.25) is 0 Å². The fourth-order valence-corrected chi connectivity index (χ4v) is 3.88. The van der Waals surface area contributed by atoms with Crippen LogP contribution >= 0.6 is 0 Å². The lowest BCUT2D eigenvalue weighted by Crippen LogP contribution is -2.45. The van der Waals surface area contributed by atoms with E-state index < -0.39 is 0 Å². The zero-order valence-electron chi connectivity index (χ0n) is 13.4. The largest absolute Gasteiger partial charge is 0.313 e. The van der Waals surface area contributed by atoms with Gasteiger partial charge >= 0.3 is 0 Å². The summed E-state index contributed by atoms with van der Waals surface area (Å²) in [7, 11) is 0. The monoisotopic (exact) mass is 266 g/mol. The van der Waals surface area contributed by atoms with E-state index in [9.17, 15) is 0 Å². The summed E-state index contributed by atoms with van der Waals surface area (Å²) in [6.45, 7) is 12.4. The van der Waals surface area contributed by atoms with Crippen molar-refractivity contribution in [2.75, 3.05) is 26.2 Å². The molecule has 112 valence electrons. The number of nitrogens with zero attached hydrogens (tertiary/aromatic N) is 1. The summed E-state index contributed by atoms with van der Waals surface area (Å²) >= 11 is 0. The molecule has 0 amide bonds. The topological polar surface area (TPSA) is 15.3 Å². The van der Waals surface area contributed by atoms with Gasteiger partial charge in [-0.05, 0) is 63.6 Å². The second kappa shape index (κ2) is 7.08. The van der Waals surface area contributed by atoms with Gasteiger partial charge in [0.2, 0.25) is 0 Å². The van der Waals surface area contributed by atoms with Gasteiger partial charge in [0.25, 0.3) is 0 Å². The number of nitrogens with one attached hydrogen (secondary N) is 1. The summed E-state index contributed by atoms with van der Waals surface area (Å²) in [5.74, 6) is 0.880. The molecule has 0 radical (unpaired) electrons. The molecule has 0 bridgehead atoms. The van der Waals surface area contributed by atoms with Crippen LogP contribution in [0.2, 0.25) is 0 Å². The Morgan fingerprint density at radius 3 is 2.53 bits per heavy atom. The summed E-state index contributed by atoms with van der Waals surface area (Å²) in [5, 5.41) is 3.81. The van der Waals surface area contributed by atoms with Crippen molar-refractivity contribution in [3.8, 4) is 0 Å². The number of hydrogen-bond donors (Lipinski definition) is 1. The average Bonchev–Trinajstić information content (AvgIpc) is 2.38. The van der Waals surface area contributed by atoms with Gasteiger partial charge in [0.15, 0.2) is 0 Å². The Morgan fingerprint density at radius 2 is 1.84 bits per heavy atom. The Hall–Kier alpha value is -0.0800. The predicted octanol–water partition coefficient (Wildman–Crippen LogP) is 3.67. The Kier molecular flexibility index (Phi) is 5.70. The number of hydrogen-bond acceptors (Lipinski definition) is 2. The predicted molar refractivity (Wildman–Crippen MR) is 83.5 cm³/mol. The molecule has 2 nitrogen and oxygen atoms in total. The third-order valence-electron chi connectivity index (χ3n) is 5.42. The van der Waals surface area contributed by atoms with E-state index in [-0.39, 0.29) is 0 Å². The van der Waals surface area contributed by atoms with Gasteiger partial charge in [0.05, 0.1) is 0 Å². The van der Waals surface area contributed by atoms with Crippen LogP contribution in [0.3, 0.4) is 0 Å². The van der Waals surface area contributed by atoms with Crippen LogP contribution < -0.4 is 5.32 Å². The maximum absolute atomic E-state index is 3.81. The van der Waals surface area contributed by atoms with Crippen molar-refractivity contribution in [2.24, 2.45) is 11.3 Å². The SMILES string of the molecule is CC(CN1CCCCC1)NCC1CCCCC1(C)C.